The van der Waals surface area contributed by atoms with E-state index in [1.54, 1.807) is 6.07 Å². The number of benzene rings is 2. The predicted molar refractivity (Wildman–Crippen MR) is 88.0 cm³/mol. The van der Waals surface area contributed by atoms with Gasteiger partial charge in [-0.25, -0.2) is 0 Å². The highest BCUT2D eigenvalue weighted by Crippen LogP contribution is 2.15. The number of carbonyl (C=O) groups excluding carboxylic acids is 1. The Morgan fingerprint density at radius 1 is 1.05 bits per heavy atom. The van der Waals surface area contributed by atoms with Crippen LogP contribution in [-0.4, -0.2) is 17.8 Å². The first-order valence-electron chi connectivity index (χ1n) is 6.81. The van der Waals surface area contributed by atoms with Crippen LogP contribution in [-0.2, 0) is 17.6 Å². The minimum atomic E-state index is -0.0796. The van der Waals surface area contributed by atoms with Crippen LogP contribution in [0.1, 0.15) is 11.1 Å². The van der Waals surface area contributed by atoms with Crippen molar-refractivity contribution in [2.75, 3.05) is 5.88 Å². The molecule has 0 radical (unpaired) electrons. The fraction of sp³-hybridized carbons (Fsp3) is 0.235. The number of hydrogen-bond donors (Lipinski definition) is 1. The molecular formula is C17H17Cl2NO. The largest absolute Gasteiger partial charge is 0.352 e. The van der Waals surface area contributed by atoms with Gasteiger partial charge in [0.15, 0.2) is 0 Å². The third-order valence-electron chi connectivity index (χ3n) is 3.19. The second kappa shape index (κ2) is 8.06. The third kappa shape index (κ3) is 5.07. The molecule has 0 heterocycles. The zero-order valence-electron chi connectivity index (χ0n) is 11.6. The van der Waals surface area contributed by atoms with Crippen molar-refractivity contribution in [3.8, 4) is 0 Å². The smallest absolute Gasteiger partial charge is 0.224 e. The van der Waals surface area contributed by atoms with Gasteiger partial charge in [0.2, 0.25) is 5.91 Å². The lowest BCUT2D eigenvalue weighted by Gasteiger charge is -2.16. The van der Waals surface area contributed by atoms with Crippen LogP contribution in [0.3, 0.4) is 0 Å². The standard InChI is InChI=1S/C17H17Cl2NO/c18-12-15(10-13-6-2-1-3-7-13)20-17(21)11-14-8-4-5-9-16(14)19/h1-9,15H,10-12H2,(H,20,21). The third-order valence-corrected chi connectivity index (χ3v) is 3.93. The number of rotatable bonds is 6. The van der Waals surface area contributed by atoms with Crippen molar-refractivity contribution >= 4 is 29.1 Å². The normalized spacial score (nSPS) is 11.9. The van der Waals surface area contributed by atoms with Crippen molar-refractivity contribution in [2.24, 2.45) is 0 Å². The van der Waals surface area contributed by atoms with Crippen LogP contribution >= 0.6 is 23.2 Å². The molecule has 0 aliphatic heterocycles. The van der Waals surface area contributed by atoms with Crippen LogP contribution in [0.5, 0.6) is 0 Å². The van der Waals surface area contributed by atoms with Crippen LogP contribution in [0.4, 0.5) is 0 Å². The SMILES string of the molecule is O=C(Cc1ccccc1Cl)NC(CCl)Cc1ccccc1. The lowest BCUT2D eigenvalue weighted by atomic mass is 10.1. The van der Waals surface area contributed by atoms with Gasteiger partial charge in [-0.2, -0.15) is 0 Å². The highest BCUT2D eigenvalue weighted by atomic mass is 35.5. The topological polar surface area (TPSA) is 29.1 Å². The van der Waals surface area contributed by atoms with Crippen molar-refractivity contribution in [1.29, 1.82) is 0 Å². The number of carbonyl (C=O) groups is 1. The number of hydrogen-bond acceptors (Lipinski definition) is 1. The summed E-state index contributed by atoms with van der Waals surface area (Å²) in [5, 5.41) is 3.57. The van der Waals surface area contributed by atoms with E-state index < -0.39 is 0 Å². The van der Waals surface area contributed by atoms with E-state index in [-0.39, 0.29) is 18.4 Å². The average Bonchev–Trinajstić information content (AvgIpc) is 2.50. The van der Waals surface area contributed by atoms with E-state index in [0.29, 0.717) is 10.9 Å². The van der Waals surface area contributed by atoms with Crippen LogP contribution in [0.15, 0.2) is 54.6 Å². The zero-order chi connectivity index (χ0) is 15.1. The second-order valence-corrected chi connectivity index (χ2v) is 5.59. The van der Waals surface area contributed by atoms with E-state index in [1.165, 1.54) is 0 Å². The highest BCUT2D eigenvalue weighted by molar-refractivity contribution is 6.31. The van der Waals surface area contributed by atoms with Gasteiger partial charge >= 0.3 is 0 Å². The van der Waals surface area contributed by atoms with E-state index in [0.717, 1.165) is 17.5 Å². The van der Waals surface area contributed by atoms with E-state index in [4.69, 9.17) is 23.2 Å². The van der Waals surface area contributed by atoms with E-state index in [2.05, 4.69) is 5.32 Å². The summed E-state index contributed by atoms with van der Waals surface area (Å²) in [6, 6.07) is 17.3. The zero-order valence-corrected chi connectivity index (χ0v) is 13.1. The first-order chi connectivity index (χ1) is 10.2. The van der Waals surface area contributed by atoms with Crippen molar-refractivity contribution in [1.82, 2.24) is 5.32 Å². The second-order valence-electron chi connectivity index (χ2n) is 4.88. The quantitative estimate of drug-likeness (QED) is 0.804. The summed E-state index contributed by atoms with van der Waals surface area (Å²) in [5.41, 5.74) is 1.98. The Kier molecular flexibility index (Phi) is 6.09. The summed E-state index contributed by atoms with van der Waals surface area (Å²) in [6.07, 6.45) is 0.987. The molecular weight excluding hydrogens is 305 g/mol. The first-order valence-corrected chi connectivity index (χ1v) is 7.73. The number of halogens is 2. The minimum Gasteiger partial charge on any atom is -0.352 e. The molecule has 0 fully saturated rings. The van der Waals surface area contributed by atoms with Gasteiger partial charge in [0, 0.05) is 16.9 Å². The molecule has 0 saturated carbocycles. The lowest BCUT2D eigenvalue weighted by molar-refractivity contribution is -0.121. The Balaban J connectivity index is 1.92. The molecule has 1 N–H and O–H groups in total. The summed E-state index contributed by atoms with van der Waals surface area (Å²) >= 11 is 12.0. The maximum absolute atomic E-state index is 12.1. The highest BCUT2D eigenvalue weighted by Gasteiger charge is 2.13. The van der Waals surface area contributed by atoms with Crippen LogP contribution in [0, 0.1) is 0 Å². The molecule has 110 valence electrons. The molecule has 2 aromatic rings. The van der Waals surface area contributed by atoms with E-state index in [1.807, 2.05) is 48.5 Å². The van der Waals surface area contributed by atoms with Crippen molar-refractivity contribution in [3.05, 3.63) is 70.7 Å². The van der Waals surface area contributed by atoms with Crippen LogP contribution in [0.2, 0.25) is 5.02 Å². The fourth-order valence-corrected chi connectivity index (χ4v) is 2.53. The summed E-state index contributed by atoms with van der Waals surface area (Å²) in [5.74, 6) is 0.313. The Morgan fingerprint density at radius 2 is 1.71 bits per heavy atom. The monoisotopic (exact) mass is 321 g/mol. The van der Waals surface area contributed by atoms with Crippen LogP contribution < -0.4 is 5.32 Å². The van der Waals surface area contributed by atoms with E-state index in [9.17, 15) is 4.79 Å². The molecule has 21 heavy (non-hydrogen) atoms. The molecule has 2 rings (SSSR count). The number of amides is 1. The van der Waals surface area contributed by atoms with Crippen LogP contribution in [0.25, 0.3) is 0 Å². The maximum Gasteiger partial charge on any atom is 0.224 e. The van der Waals surface area contributed by atoms with Gasteiger partial charge in [0.25, 0.3) is 0 Å². The molecule has 2 nitrogen and oxygen atoms in total. The minimum absolute atomic E-state index is 0.0651. The van der Waals surface area contributed by atoms with Crippen molar-refractivity contribution in [2.45, 2.75) is 18.9 Å². The Labute approximate surface area is 135 Å². The molecule has 0 spiro atoms. The molecule has 2 aromatic carbocycles. The van der Waals surface area contributed by atoms with Gasteiger partial charge in [0.05, 0.1) is 6.42 Å². The van der Waals surface area contributed by atoms with Gasteiger partial charge < -0.3 is 5.32 Å². The van der Waals surface area contributed by atoms with Gasteiger partial charge in [-0.3, -0.25) is 4.79 Å². The lowest BCUT2D eigenvalue weighted by Crippen LogP contribution is -2.38. The molecule has 0 aliphatic carbocycles. The average molecular weight is 322 g/mol. The molecule has 4 heteroatoms. The van der Waals surface area contributed by atoms with Gasteiger partial charge in [0.1, 0.15) is 0 Å². The Morgan fingerprint density at radius 3 is 2.38 bits per heavy atom. The molecule has 1 unspecified atom stereocenters. The summed E-state index contributed by atoms with van der Waals surface area (Å²) in [6.45, 7) is 0. The maximum atomic E-state index is 12.1. The Hall–Kier alpha value is -1.51. The number of nitrogens with one attached hydrogen (secondary N) is 1. The number of alkyl halides is 1. The Bertz CT molecular complexity index is 586. The van der Waals surface area contributed by atoms with Crippen molar-refractivity contribution in [3.63, 3.8) is 0 Å². The first kappa shape index (κ1) is 15.9. The summed E-state index contributed by atoms with van der Waals surface area (Å²) < 4.78 is 0. The van der Waals surface area contributed by atoms with Gasteiger partial charge in [-0.05, 0) is 23.6 Å². The van der Waals surface area contributed by atoms with E-state index >= 15 is 0 Å². The van der Waals surface area contributed by atoms with Gasteiger partial charge in [-0.15, -0.1) is 11.6 Å². The molecule has 0 aliphatic rings. The molecule has 1 atom stereocenters. The molecule has 0 saturated heterocycles. The summed E-state index contributed by atoms with van der Waals surface area (Å²) in [4.78, 5) is 12.1. The molecule has 0 aromatic heterocycles. The predicted octanol–water partition coefficient (Wildman–Crippen LogP) is 3.85. The molecule has 0 bridgehead atoms. The molecule has 1 amide bonds. The summed E-state index contributed by atoms with van der Waals surface area (Å²) in [7, 11) is 0. The fourth-order valence-electron chi connectivity index (χ4n) is 2.14. The van der Waals surface area contributed by atoms with Gasteiger partial charge in [-0.1, -0.05) is 60.1 Å². The van der Waals surface area contributed by atoms with Crippen molar-refractivity contribution < 1.29 is 4.79 Å².